The van der Waals surface area contributed by atoms with Crippen molar-refractivity contribution >= 4 is 12.4 Å². The smallest absolute Gasteiger partial charge is 0.490 e. The van der Waals surface area contributed by atoms with E-state index in [2.05, 4.69) is 6.58 Å². The molecule has 0 atom stereocenters. The minimum atomic E-state index is -4.95. The summed E-state index contributed by atoms with van der Waals surface area (Å²) in [7, 11) is 0. The average Bonchev–Trinajstić information content (AvgIpc) is 2.14. The number of benzene rings is 1. The molecule has 0 aliphatic heterocycles. The SMILES string of the molecule is C=CCOc1cccc([B-](F)(F)F)c1.[K+]. The van der Waals surface area contributed by atoms with Gasteiger partial charge < -0.3 is 17.7 Å². The van der Waals surface area contributed by atoms with Crippen LogP contribution in [0.5, 0.6) is 5.75 Å². The van der Waals surface area contributed by atoms with Gasteiger partial charge in [-0.15, -0.1) is 5.46 Å². The zero-order chi connectivity index (χ0) is 10.6. The van der Waals surface area contributed by atoms with Crippen LogP contribution in [0.3, 0.4) is 0 Å². The van der Waals surface area contributed by atoms with Gasteiger partial charge in [-0.3, -0.25) is 0 Å². The monoisotopic (exact) mass is 240 g/mol. The van der Waals surface area contributed by atoms with Crippen LogP contribution in [0.1, 0.15) is 0 Å². The van der Waals surface area contributed by atoms with E-state index in [-0.39, 0.29) is 63.7 Å². The second-order valence-electron chi connectivity index (χ2n) is 2.75. The fourth-order valence-corrected chi connectivity index (χ4v) is 0.963. The van der Waals surface area contributed by atoms with E-state index >= 15 is 0 Å². The van der Waals surface area contributed by atoms with Crippen molar-refractivity contribution in [2.45, 2.75) is 0 Å². The van der Waals surface area contributed by atoms with Gasteiger partial charge in [0.2, 0.25) is 0 Å². The second kappa shape index (κ2) is 6.75. The Kier molecular flexibility index (Phi) is 6.87. The molecular formula is C9H9BF3KO. The summed E-state index contributed by atoms with van der Waals surface area (Å²) in [6.45, 7) is -1.34. The Morgan fingerprint density at radius 3 is 2.53 bits per heavy atom. The summed E-state index contributed by atoms with van der Waals surface area (Å²) in [6, 6.07) is 4.82. The van der Waals surface area contributed by atoms with Gasteiger partial charge in [0.05, 0.1) is 0 Å². The van der Waals surface area contributed by atoms with Gasteiger partial charge in [0, 0.05) is 0 Å². The van der Waals surface area contributed by atoms with E-state index in [1.807, 2.05) is 0 Å². The first-order chi connectivity index (χ1) is 6.54. The van der Waals surface area contributed by atoms with Gasteiger partial charge in [-0.25, -0.2) is 0 Å². The molecule has 1 nitrogen and oxygen atoms in total. The van der Waals surface area contributed by atoms with Crippen LogP contribution in [0.4, 0.5) is 12.9 Å². The number of halogens is 3. The Hall–Kier alpha value is 0.251. The maximum Gasteiger partial charge on any atom is 1.00 e. The largest absolute Gasteiger partial charge is 1.00 e. The minimum Gasteiger partial charge on any atom is -0.490 e. The molecule has 0 aromatic heterocycles. The van der Waals surface area contributed by atoms with Crippen LogP contribution in [0.15, 0.2) is 36.9 Å². The van der Waals surface area contributed by atoms with Crippen LogP contribution in [0.25, 0.3) is 0 Å². The van der Waals surface area contributed by atoms with Gasteiger partial charge in [-0.2, -0.15) is 0 Å². The standard InChI is InChI=1S/C9H9BF3O.K/c1-2-6-14-9-5-3-4-8(7-9)10(11,12)13;/h2-5,7H,1,6H2;/q-1;+1. The third-order valence-electron chi connectivity index (χ3n) is 1.60. The van der Waals surface area contributed by atoms with Crippen LogP contribution in [-0.2, 0) is 0 Å². The third kappa shape index (κ3) is 5.22. The second-order valence-corrected chi connectivity index (χ2v) is 2.75. The van der Waals surface area contributed by atoms with E-state index in [0.29, 0.717) is 0 Å². The van der Waals surface area contributed by atoms with Gasteiger partial charge in [0.1, 0.15) is 12.4 Å². The van der Waals surface area contributed by atoms with Crippen LogP contribution in [0, 0.1) is 0 Å². The predicted octanol–water partition coefficient (Wildman–Crippen LogP) is -0.690. The molecule has 1 rings (SSSR count). The van der Waals surface area contributed by atoms with E-state index in [1.54, 1.807) is 0 Å². The zero-order valence-corrected chi connectivity index (χ0v) is 11.5. The quantitative estimate of drug-likeness (QED) is 0.500. The normalized spacial score (nSPS) is 10.3. The van der Waals surface area contributed by atoms with Crippen molar-refractivity contribution in [3.63, 3.8) is 0 Å². The Bertz CT molecular complexity index is 327. The van der Waals surface area contributed by atoms with E-state index in [4.69, 9.17) is 4.74 Å². The molecule has 15 heavy (non-hydrogen) atoms. The van der Waals surface area contributed by atoms with Gasteiger partial charge in [-0.05, 0) is 12.1 Å². The fraction of sp³-hybridized carbons (Fsp3) is 0.111. The average molecular weight is 240 g/mol. The number of rotatable bonds is 4. The molecule has 1 aromatic carbocycles. The van der Waals surface area contributed by atoms with Crippen molar-refractivity contribution in [1.29, 1.82) is 0 Å². The van der Waals surface area contributed by atoms with E-state index in [1.165, 1.54) is 18.2 Å². The van der Waals surface area contributed by atoms with Crippen molar-refractivity contribution in [2.24, 2.45) is 0 Å². The Labute approximate surface area is 129 Å². The molecule has 6 heteroatoms. The van der Waals surface area contributed by atoms with Gasteiger partial charge in [0.15, 0.2) is 0 Å². The Morgan fingerprint density at radius 2 is 2.00 bits per heavy atom. The molecule has 0 aliphatic carbocycles. The van der Waals surface area contributed by atoms with E-state index in [0.717, 1.165) is 12.1 Å². The van der Waals surface area contributed by atoms with Gasteiger partial charge in [-0.1, -0.05) is 24.8 Å². The predicted molar refractivity (Wildman–Crippen MR) is 50.8 cm³/mol. The van der Waals surface area contributed by atoms with Crippen LogP contribution < -0.4 is 61.6 Å². The summed E-state index contributed by atoms with van der Waals surface area (Å²) in [5, 5.41) is 0. The third-order valence-corrected chi connectivity index (χ3v) is 1.60. The molecule has 0 saturated carbocycles. The topological polar surface area (TPSA) is 9.23 Å². The number of hydrogen-bond acceptors (Lipinski definition) is 1. The summed E-state index contributed by atoms with van der Waals surface area (Å²) in [6.07, 6.45) is 1.48. The van der Waals surface area contributed by atoms with Crippen molar-refractivity contribution in [2.75, 3.05) is 6.61 Å². The molecule has 0 saturated heterocycles. The molecular weight excluding hydrogens is 231 g/mol. The van der Waals surface area contributed by atoms with Crippen LogP contribution >= 0.6 is 0 Å². The van der Waals surface area contributed by atoms with Gasteiger partial charge >= 0.3 is 58.4 Å². The summed E-state index contributed by atoms with van der Waals surface area (Å²) in [4.78, 5) is 0. The maximum absolute atomic E-state index is 12.3. The Morgan fingerprint density at radius 1 is 1.33 bits per heavy atom. The Balaban J connectivity index is 0.00000196. The number of ether oxygens (including phenoxy) is 1. The van der Waals surface area contributed by atoms with E-state index in [9.17, 15) is 12.9 Å². The van der Waals surface area contributed by atoms with E-state index < -0.39 is 12.4 Å². The molecule has 0 amide bonds. The number of hydrogen-bond donors (Lipinski definition) is 0. The zero-order valence-electron chi connectivity index (χ0n) is 8.42. The molecule has 0 spiro atoms. The summed E-state index contributed by atoms with van der Waals surface area (Å²) in [5.41, 5.74) is -0.647. The summed E-state index contributed by atoms with van der Waals surface area (Å²) < 4.78 is 41.8. The summed E-state index contributed by atoms with van der Waals surface area (Å²) >= 11 is 0. The molecule has 0 heterocycles. The van der Waals surface area contributed by atoms with Crippen molar-refractivity contribution < 1.29 is 69.1 Å². The van der Waals surface area contributed by atoms with Crippen molar-refractivity contribution in [3.8, 4) is 5.75 Å². The van der Waals surface area contributed by atoms with Crippen LogP contribution in [-0.4, -0.2) is 13.6 Å². The molecule has 0 radical (unpaired) electrons. The molecule has 0 fully saturated rings. The molecule has 1 aromatic rings. The first kappa shape index (κ1) is 15.3. The van der Waals surface area contributed by atoms with Crippen molar-refractivity contribution in [1.82, 2.24) is 0 Å². The molecule has 0 N–H and O–H groups in total. The maximum atomic E-state index is 12.3. The molecule has 0 aliphatic rings. The van der Waals surface area contributed by atoms with Crippen molar-refractivity contribution in [3.05, 3.63) is 36.9 Å². The van der Waals surface area contributed by atoms with Gasteiger partial charge in [0.25, 0.3) is 0 Å². The fourth-order valence-electron chi connectivity index (χ4n) is 0.963. The molecule has 0 bridgehead atoms. The molecule has 0 unspecified atom stereocenters. The first-order valence-corrected chi connectivity index (χ1v) is 4.07. The minimum absolute atomic E-state index is 0. The van der Waals surface area contributed by atoms with Crippen LogP contribution in [0.2, 0.25) is 0 Å². The first-order valence-electron chi connectivity index (χ1n) is 4.07. The molecule has 76 valence electrons. The summed E-state index contributed by atoms with van der Waals surface area (Å²) in [5.74, 6) is 0.210.